The highest BCUT2D eigenvalue weighted by atomic mass is 16.5. The van der Waals surface area contributed by atoms with Crippen LogP contribution >= 0.6 is 0 Å². The Balaban J connectivity index is 1.53. The number of carbonyl (C=O) groups is 1. The van der Waals surface area contributed by atoms with Gasteiger partial charge in [0.15, 0.2) is 0 Å². The normalized spacial score (nSPS) is 17.3. The van der Waals surface area contributed by atoms with E-state index >= 15 is 0 Å². The molecule has 114 valence electrons. The summed E-state index contributed by atoms with van der Waals surface area (Å²) in [5.74, 6) is 0.494. The third-order valence-electron chi connectivity index (χ3n) is 3.57. The highest BCUT2D eigenvalue weighted by molar-refractivity contribution is 5.89. The van der Waals surface area contributed by atoms with Crippen LogP contribution in [0.2, 0.25) is 0 Å². The van der Waals surface area contributed by atoms with Gasteiger partial charge in [0.05, 0.1) is 6.54 Å². The highest BCUT2D eigenvalue weighted by Crippen LogP contribution is 2.17. The Hall–Kier alpha value is -2.63. The molecule has 1 aliphatic heterocycles. The summed E-state index contributed by atoms with van der Waals surface area (Å²) >= 11 is 0. The van der Waals surface area contributed by atoms with Gasteiger partial charge in [0, 0.05) is 30.9 Å². The summed E-state index contributed by atoms with van der Waals surface area (Å²) in [5, 5.41) is 10.6. The van der Waals surface area contributed by atoms with Crippen LogP contribution in [0.5, 0.6) is 5.88 Å². The van der Waals surface area contributed by atoms with Crippen LogP contribution in [0, 0.1) is 6.92 Å². The molecule has 1 atom stereocenters. The molecule has 22 heavy (non-hydrogen) atoms. The molecule has 0 radical (unpaired) electrons. The molecule has 1 aliphatic rings. The molecule has 1 unspecified atom stereocenters. The molecule has 1 N–H and O–H groups in total. The second-order valence-corrected chi connectivity index (χ2v) is 5.33. The van der Waals surface area contributed by atoms with Crippen LogP contribution in [0.15, 0.2) is 42.6 Å². The number of aryl methyl sites for hydroxylation is 1. The van der Waals surface area contributed by atoms with Crippen LogP contribution in [0.3, 0.4) is 0 Å². The minimum atomic E-state index is -0.103. The van der Waals surface area contributed by atoms with E-state index in [1.807, 2.05) is 31.2 Å². The second-order valence-electron chi connectivity index (χ2n) is 5.33. The lowest BCUT2D eigenvalue weighted by Gasteiger charge is -2.17. The van der Waals surface area contributed by atoms with Crippen LogP contribution in [0.25, 0.3) is 0 Å². The van der Waals surface area contributed by atoms with Crippen molar-refractivity contribution >= 4 is 11.7 Å². The van der Waals surface area contributed by atoms with E-state index in [1.54, 1.807) is 23.2 Å². The van der Waals surface area contributed by atoms with E-state index in [0.717, 1.165) is 17.7 Å². The Kier molecular flexibility index (Phi) is 4.18. The Morgan fingerprint density at radius 2 is 2.14 bits per heavy atom. The third-order valence-corrected chi connectivity index (χ3v) is 3.57. The summed E-state index contributed by atoms with van der Waals surface area (Å²) in [4.78, 5) is 14.0. The lowest BCUT2D eigenvalue weighted by Crippen LogP contribution is -2.34. The molecule has 1 aromatic carbocycles. The van der Waals surface area contributed by atoms with Gasteiger partial charge in [-0.15, -0.1) is 5.10 Å². The fraction of sp³-hybridized carbons (Fsp3) is 0.312. The maximum Gasteiger partial charge on any atom is 0.321 e. The van der Waals surface area contributed by atoms with Crippen molar-refractivity contribution in [2.24, 2.45) is 0 Å². The fourth-order valence-electron chi connectivity index (χ4n) is 2.37. The molecule has 0 aliphatic carbocycles. The fourth-order valence-corrected chi connectivity index (χ4v) is 2.37. The first-order valence-electron chi connectivity index (χ1n) is 7.28. The zero-order chi connectivity index (χ0) is 15.4. The first-order chi connectivity index (χ1) is 10.7. The molecule has 6 heteroatoms. The number of hydrogen-bond acceptors (Lipinski definition) is 4. The number of hydrogen-bond donors (Lipinski definition) is 1. The van der Waals surface area contributed by atoms with Crippen LogP contribution in [-0.4, -0.2) is 40.3 Å². The first kappa shape index (κ1) is 14.3. The van der Waals surface area contributed by atoms with Crippen LogP contribution in [0.1, 0.15) is 12.0 Å². The number of likely N-dealkylation sites (tertiary alicyclic amines) is 1. The van der Waals surface area contributed by atoms with Gasteiger partial charge >= 0.3 is 6.03 Å². The quantitative estimate of drug-likeness (QED) is 0.945. The molecule has 1 saturated heterocycles. The largest absolute Gasteiger partial charge is 0.471 e. The monoisotopic (exact) mass is 298 g/mol. The lowest BCUT2D eigenvalue weighted by molar-refractivity contribution is 0.188. The zero-order valence-corrected chi connectivity index (χ0v) is 12.4. The lowest BCUT2D eigenvalue weighted by atomic mass is 10.2. The van der Waals surface area contributed by atoms with Crippen LogP contribution in [0.4, 0.5) is 10.5 Å². The Morgan fingerprint density at radius 3 is 2.86 bits per heavy atom. The highest BCUT2D eigenvalue weighted by Gasteiger charge is 2.28. The molecule has 1 fully saturated rings. The smallest absolute Gasteiger partial charge is 0.321 e. The zero-order valence-electron chi connectivity index (χ0n) is 12.4. The Morgan fingerprint density at radius 1 is 1.32 bits per heavy atom. The van der Waals surface area contributed by atoms with Gasteiger partial charge in [-0.05, 0) is 25.1 Å². The van der Waals surface area contributed by atoms with Crippen molar-refractivity contribution in [1.82, 2.24) is 15.1 Å². The van der Waals surface area contributed by atoms with Crippen molar-refractivity contribution in [3.8, 4) is 5.88 Å². The predicted molar refractivity (Wildman–Crippen MR) is 82.8 cm³/mol. The van der Waals surface area contributed by atoms with E-state index in [2.05, 4.69) is 15.5 Å². The topological polar surface area (TPSA) is 67.4 Å². The number of aromatic nitrogens is 2. The van der Waals surface area contributed by atoms with E-state index in [9.17, 15) is 4.79 Å². The summed E-state index contributed by atoms with van der Waals surface area (Å²) in [5.41, 5.74) is 1.96. The molecule has 1 aromatic heterocycles. The van der Waals surface area contributed by atoms with Gasteiger partial charge in [-0.25, -0.2) is 4.79 Å². The van der Waals surface area contributed by atoms with Gasteiger partial charge in [-0.3, -0.25) is 0 Å². The molecule has 6 nitrogen and oxygen atoms in total. The number of nitrogens with one attached hydrogen (secondary N) is 1. The molecular weight excluding hydrogens is 280 g/mol. The molecule has 0 bridgehead atoms. The van der Waals surface area contributed by atoms with Crippen molar-refractivity contribution in [3.63, 3.8) is 0 Å². The standard InChI is InChI=1S/C16H18N4O2/c1-12-4-6-13(7-5-12)18-16(21)20-10-8-14(11-20)22-15-3-2-9-17-19-15/h2-7,9,14H,8,10-11H2,1H3,(H,18,21). The van der Waals surface area contributed by atoms with Gasteiger partial charge in [0.1, 0.15) is 6.10 Å². The van der Waals surface area contributed by atoms with Gasteiger partial charge < -0.3 is 15.0 Å². The van der Waals surface area contributed by atoms with Crippen molar-refractivity contribution < 1.29 is 9.53 Å². The summed E-state index contributed by atoms with van der Waals surface area (Å²) in [6.45, 7) is 3.23. The third kappa shape index (κ3) is 3.52. The minimum absolute atomic E-state index is 0.0412. The van der Waals surface area contributed by atoms with Gasteiger partial charge in [0.25, 0.3) is 0 Å². The van der Waals surface area contributed by atoms with E-state index in [0.29, 0.717) is 19.0 Å². The van der Waals surface area contributed by atoms with Crippen LogP contribution in [-0.2, 0) is 0 Å². The van der Waals surface area contributed by atoms with Crippen molar-refractivity contribution in [2.75, 3.05) is 18.4 Å². The van der Waals surface area contributed by atoms with Gasteiger partial charge in [-0.2, -0.15) is 5.10 Å². The maximum absolute atomic E-state index is 12.2. The Bertz CT molecular complexity index is 630. The number of anilines is 1. The summed E-state index contributed by atoms with van der Waals surface area (Å²) < 4.78 is 5.73. The number of benzene rings is 1. The first-order valence-corrected chi connectivity index (χ1v) is 7.28. The molecule has 0 spiro atoms. The van der Waals surface area contributed by atoms with E-state index < -0.39 is 0 Å². The Labute approximate surface area is 129 Å². The summed E-state index contributed by atoms with van der Waals surface area (Å²) in [7, 11) is 0. The molecule has 3 rings (SSSR count). The van der Waals surface area contributed by atoms with Crippen LogP contribution < -0.4 is 10.1 Å². The van der Waals surface area contributed by atoms with E-state index in [1.165, 1.54) is 0 Å². The van der Waals surface area contributed by atoms with E-state index in [4.69, 9.17) is 4.74 Å². The molecular formula is C16H18N4O2. The second kappa shape index (κ2) is 6.43. The van der Waals surface area contributed by atoms with Gasteiger partial charge in [-0.1, -0.05) is 17.7 Å². The summed E-state index contributed by atoms with van der Waals surface area (Å²) in [6.07, 6.45) is 2.35. The maximum atomic E-state index is 12.2. The minimum Gasteiger partial charge on any atom is -0.471 e. The van der Waals surface area contributed by atoms with Gasteiger partial charge in [0.2, 0.25) is 5.88 Å². The van der Waals surface area contributed by atoms with Crippen molar-refractivity contribution in [2.45, 2.75) is 19.4 Å². The number of nitrogens with zero attached hydrogens (tertiary/aromatic N) is 3. The van der Waals surface area contributed by atoms with Crippen molar-refractivity contribution in [3.05, 3.63) is 48.2 Å². The van der Waals surface area contributed by atoms with Crippen molar-refractivity contribution in [1.29, 1.82) is 0 Å². The number of carbonyl (C=O) groups excluding carboxylic acids is 1. The summed E-state index contributed by atoms with van der Waals surface area (Å²) in [6, 6.07) is 11.2. The predicted octanol–water partition coefficient (Wildman–Crippen LogP) is 2.47. The van der Waals surface area contributed by atoms with E-state index in [-0.39, 0.29) is 12.1 Å². The number of urea groups is 1. The number of amides is 2. The average molecular weight is 298 g/mol. The SMILES string of the molecule is Cc1ccc(NC(=O)N2CCC(Oc3cccnn3)C2)cc1. The molecule has 0 saturated carbocycles. The molecule has 2 heterocycles. The number of ether oxygens (including phenoxy) is 1. The molecule has 2 amide bonds. The number of rotatable bonds is 3. The average Bonchev–Trinajstić information content (AvgIpc) is 2.99. The molecule has 2 aromatic rings.